The second kappa shape index (κ2) is 3.01. The zero-order chi connectivity index (χ0) is 13.7. The summed E-state index contributed by atoms with van der Waals surface area (Å²) in [7, 11) is -6.06. The SMILES string of the molecule is O=C(O)C(=O)P12(OC(=O)C(=O)O1)OC(=O)C(=O)O2. The molecule has 0 unspecified atom stereocenters. The molecule has 12 heteroatoms. The third kappa shape index (κ3) is 1.21. The Morgan fingerprint density at radius 1 is 0.778 bits per heavy atom. The zero-order valence-corrected chi connectivity index (χ0v) is 8.87. The molecule has 2 heterocycles. The Morgan fingerprint density at radius 2 is 1.06 bits per heavy atom. The van der Waals surface area contributed by atoms with Gasteiger partial charge in [-0.1, -0.05) is 0 Å². The number of carbonyl (C=O) groups is 6. The maximum absolute atomic E-state index is 11.4. The van der Waals surface area contributed by atoms with Crippen LogP contribution in [0.25, 0.3) is 0 Å². The first kappa shape index (κ1) is 11.9. The monoisotopic (exact) mass is 280 g/mol. The fourth-order valence-electron chi connectivity index (χ4n) is 1.15. The van der Waals surface area contributed by atoms with Crippen LogP contribution in [0.15, 0.2) is 0 Å². The van der Waals surface area contributed by atoms with E-state index in [0.717, 1.165) is 0 Å². The molecule has 1 N–H and O–H groups in total. The standard InChI is InChI=1S/C6HO11P/c7-1(8)6(13)18(14-2(9)3(10)15-18)16-4(11)5(12)17-18/h(H,7,8). The van der Waals surface area contributed by atoms with Crippen LogP contribution in [0.2, 0.25) is 0 Å². The Morgan fingerprint density at radius 3 is 1.28 bits per heavy atom. The summed E-state index contributed by atoms with van der Waals surface area (Å²) < 4.78 is 16.3. The molecule has 0 saturated carbocycles. The number of carboxylic acid groups (broad SMARTS) is 1. The normalized spacial score (nSPS) is 25.4. The van der Waals surface area contributed by atoms with E-state index in [0.29, 0.717) is 0 Å². The van der Waals surface area contributed by atoms with Crippen LogP contribution in [0, 0.1) is 0 Å². The summed E-state index contributed by atoms with van der Waals surface area (Å²) >= 11 is 0. The Balaban J connectivity index is 2.63. The number of carbonyl (C=O) groups excluding carboxylic acids is 5. The average molecular weight is 280 g/mol. The van der Waals surface area contributed by atoms with Crippen molar-refractivity contribution in [3.63, 3.8) is 0 Å². The van der Waals surface area contributed by atoms with Crippen molar-refractivity contribution in [2.45, 2.75) is 0 Å². The van der Waals surface area contributed by atoms with Gasteiger partial charge in [-0.15, -0.1) is 0 Å². The maximum atomic E-state index is 11.4. The predicted octanol–water partition coefficient (Wildman–Crippen LogP) is -1.99. The molecular weight excluding hydrogens is 279 g/mol. The Labute approximate surface area is 95.8 Å². The second-order valence-corrected chi connectivity index (χ2v) is 5.70. The van der Waals surface area contributed by atoms with Gasteiger partial charge in [0.25, 0.3) is 0 Å². The summed E-state index contributed by atoms with van der Waals surface area (Å²) in [5.41, 5.74) is -2.15. The van der Waals surface area contributed by atoms with Crippen LogP contribution in [0.1, 0.15) is 0 Å². The van der Waals surface area contributed by atoms with Crippen LogP contribution in [-0.4, -0.2) is 40.5 Å². The van der Waals surface area contributed by atoms with E-state index in [-0.39, 0.29) is 0 Å². The Hall–Kier alpha value is -2.55. The van der Waals surface area contributed by atoms with Gasteiger partial charge in [-0.25, -0.2) is 0 Å². The first-order chi connectivity index (χ1) is 8.20. The fourth-order valence-corrected chi connectivity index (χ4v) is 3.46. The van der Waals surface area contributed by atoms with E-state index in [1.165, 1.54) is 0 Å². The summed E-state index contributed by atoms with van der Waals surface area (Å²) in [6.45, 7) is 0. The van der Waals surface area contributed by atoms with E-state index >= 15 is 0 Å². The fraction of sp³-hybridized carbons (Fsp3) is 0. The molecule has 0 aromatic rings. The predicted molar refractivity (Wildman–Crippen MR) is 43.9 cm³/mol. The Kier molecular flexibility index (Phi) is 2.00. The molecule has 0 aliphatic carbocycles. The molecule has 18 heavy (non-hydrogen) atoms. The van der Waals surface area contributed by atoms with Crippen molar-refractivity contribution < 1.29 is 52.0 Å². The van der Waals surface area contributed by atoms with Gasteiger partial charge in [0.2, 0.25) is 0 Å². The van der Waals surface area contributed by atoms with Crippen molar-refractivity contribution >= 4 is 42.9 Å². The zero-order valence-electron chi connectivity index (χ0n) is 7.98. The molecule has 0 atom stereocenters. The van der Waals surface area contributed by atoms with Crippen LogP contribution in [0.3, 0.4) is 0 Å². The number of rotatable bonds is 2. The van der Waals surface area contributed by atoms with Gasteiger partial charge in [0.15, 0.2) is 0 Å². The molecule has 2 fully saturated rings. The topological polar surface area (TPSA) is 160 Å². The number of aliphatic carboxylic acids is 1. The van der Waals surface area contributed by atoms with Gasteiger partial charge in [0, 0.05) is 0 Å². The summed E-state index contributed by atoms with van der Waals surface area (Å²) in [6, 6.07) is 0. The molecule has 2 aliphatic rings. The molecule has 0 aromatic heterocycles. The minimum atomic E-state index is -6.06. The molecule has 0 aromatic carbocycles. The third-order valence-corrected chi connectivity index (χ3v) is 4.59. The molecule has 0 bridgehead atoms. The Bertz CT molecular complexity index is 482. The average Bonchev–Trinajstić information content (AvgIpc) is 2.64. The van der Waals surface area contributed by atoms with Gasteiger partial charge < -0.3 is 0 Å². The van der Waals surface area contributed by atoms with Crippen molar-refractivity contribution in [2.75, 3.05) is 0 Å². The van der Waals surface area contributed by atoms with Crippen LogP contribution < -0.4 is 0 Å². The number of carboxylic acids is 1. The van der Waals surface area contributed by atoms with Gasteiger partial charge in [0.05, 0.1) is 0 Å². The number of hydrogen-bond donors (Lipinski definition) is 1. The molecule has 0 amide bonds. The van der Waals surface area contributed by atoms with E-state index in [1.54, 1.807) is 0 Å². The van der Waals surface area contributed by atoms with Crippen molar-refractivity contribution in [2.24, 2.45) is 0 Å². The molecular formula is C6HO11P. The quantitative estimate of drug-likeness (QED) is 0.440. The van der Waals surface area contributed by atoms with E-state index in [2.05, 4.69) is 18.1 Å². The van der Waals surface area contributed by atoms with E-state index < -0.39 is 42.9 Å². The van der Waals surface area contributed by atoms with Gasteiger partial charge in [0.1, 0.15) is 0 Å². The van der Waals surface area contributed by atoms with Crippen molar-refractivity contribution in [3.8, 4) is 0 Å². The third-order valence-electron chi connectivity index (χ3n) is 1.81. The summed E-state index contributed by atoms with van der Waals surface area (Å²) in [4.78, 5) is 65.6. The summed E-state index contributed by atoms with van der Waals surface area (Å²) in [6.07, 6.45) is 0. The summed E-state index contributed by atoms with van der Waals surface area (Å²) in [5.74, 6) is -9.54. The molecule has 2 saturated heterocycles. The van der Waals surface area contributed by atoms with E-state index in [1.807, 2.05) is 0 Å². The van der Waals surface area contributed by atoms with Crippen molar-refractivity contribution in [1.82, 2.24) is 0 Å². The van der Waals surface area contributed by atoms with Crippen molar-refractivity contribution in [3.05, 3.63) is 0 Å². The van der Waals surface area contributed by atoms with Crippen LogP contribution >= 0.6 is 7.51 Å². The summed E-state index contributed by atoms with van der Waals surface area (Å²) in [5, 5.41) is 8.53. The molecule has 0 radical (unpaired) electrons. The molecule has 2 aliphatic heterocycles. The van der Waals surface area contributed by atoms with Crippen LogP contribution in [-0.2, 0) is 46.9 Å². The van der Waals surface area contributed by atoms with Gasteiger partial charge >= 0.3 is 94.9 Å². The van der Waals surface area contributed by atoms with E-state index in [9.17, 15) is 28.8 Å². The van der Waals surface area contributed by atoms with Gasteiger partial charge in [-0.2, -0.15) is 0 Å². The van der Waals surface area contributed by atoms with Crippen LogP contribution in [0.4, 0.5) is 0 Å². The molecule has 11 nitrogen and oxygen atoms in total. The number of hydrogen-bond acceptors (Lipinski definition) is 10. The first-order valence-electron chi connectivity index (χ1n) is 3.97. The van der Waals surface area contributed by atoms with Crippen LogP contribution in [0.5, 0.6) is 0 Å². The second-order valence-electron chi connectivity index (χ2n) is 2.94. The molecule has 2 rings (SSSR count). The van der Waals surface area contributed by atoms with E-state index in [4.69, 9.17) is 5.11 Å². The minimum absolute atomic E-state index is 1.82. The molecule has 1 spiro atoms. The van der Waals surface area contributed by atoms with Gasteiger partial charge in [-0.3, -0.25) is 0 Å². The first-order valence-corrected chi connectivity index (χ1v) is 5.88. The molecule has 96 valence electrons. The van der Waals surface area contributed by atoms with Crippen molar-refractivity contribution in [1.29, 1.82) is 0 Å². The van der Waals surface area contributed by atoms with Gasteiger partial charge in [-0.05, 0) is 0 Å².